The first-order valence-corrected chi connectivity index (χ1v) is 3.71. The minimum atomic E-state index is -1.49. The van der Waals surface area contributed by atoms with E-state index in [2.05, 4.69) is 0 Å². The minimum absolute atomic E-state index is 0.136. The van der Waals surface area contributed by atoms with E-state index in [0.717, 1.165) is 12.1 Å². The fourth-order valence-corrected chi connectivity index (χ4v) is 1.03. The summed E-state index contributed by atoms with van der Waals surface area (Å²) < 4.78 is 0. The summed E-state index contributed by atoms with van der Waals surface area (Å²) in [4.78, 5) is 21.2. The van der Waals surface area contributed by atoms with Crippen molar-refractivity contribution in [2.24, 2.45) is 0 Å². The summed E-state index contributed by atoms with van der Waals surface area (Å²) >= 11 is 0. The highest BCUT2D eigenvalue weighted by Gasteiger charge is 2.19. The van der Waals surface area contributed by atoms with Crippen molar-refractivity contribution in [1.29, 1.82) is 5.26 Å². The van der Waals surface area contributed by atoms with Gasteiger partial charge in [0.15, 0.2) is 0 Å². The van der Waals surface area contributed by atoms with Gasteiger partial charge in [0.05, 0.1) is 11.6 Å². The predicted molar refractivity (Wildman–Crippen MR) is 46.7 cm³/mol. The van der Waals surface area contributed by atoms with Crippen molar-refractivity contribution >= 4 is 11.9 Å². The molecule has 76 valence electrons. The molecule has 1 aromatic rings. The van der Waals surface area contributed by atoms with Gasteiger partial charge in [-0.2, -0.15) is 5.26 Å². The molecule has 0 unspecified atom stereocenters. The predicted octanol–water partition coefficient (Wildman–Crippen LogP) is 0.660. The number of phenols is 1. The number of aromatic hydroxyl groups is 1. The van der Waals surface area contributed by atoms with E-state index in [1.54, 1.807) is 6.07 Å². The van der Waals surface area contributed by atoms with Crippen LogP contribution < -0.4 is 0 Å². The number of carboxylic acids is 2. The third-order valence-corrected chi connectivity index (χ3v) is 1.70. The lowest BCUT2D eigenvalue weighted by atomic mass is 10.0. The monoisotopic (exact) mass is 207 g/mol. The molecule has 1 rings (SSSR count). The Labute approximate surface area is 83.6 Å². The van der Waals surface area contributed by atoms with E-state index >= 15 is 0 Å². The zero-order chi connectivity index (χ0) is 11.6. The van der Waals surface area contributed by atoms with Crippen LogP contribution in [0.2, 0.25) is 0 Å². The lowest BCUT2D eigenvalue weighted by Gasteiger charge is -2.03. The van der Waals surface area contributed by atoms with Gasteiger partial charge in [-0.05, 0) is 12.1 Å². The van der Waals surface area contributed by atoms with Crippen molar-refractivity contribution in [2.75, 3.05) is 0 Å². The number of nitrogens with zero attached hydrogens (tertiary/aromatic N) is 1. The molecule has 0 heterocycles. The zero-order valence-corrected chi connectivity index (χ0v) is 7.26. The van der Waals surface area contributed by atoms with Crippen LogP contribution in [-0.2, 0) is 0 Å². The van der Waals surface area contributed by atoms with Gasteiger partial charge in [0, 0.05) is 0 Å². The van der Waals surface area contributed by atoms with E-state index in [9.17, 15) is 14.7 Å². The molecule has 0 aliphatic carbocycles. The lowest BCUT2D eigenvalue weighted by Crippen LogP contribution is -2.04. The fraction of sp³-hybridized carbons (Fsp3) is 0. The number of aromatic carboxylic acids is 2. The SMILES string of the molecule is N#Cc1cc(C(=O)O)c(O)c(C(=O)O)c1. The molecule has 6 nitrogen and oxygen atoms in total. The van der Waals surface area contributed by atoms with Crippen molar-refractivity contribution in [2.45, 2.75) is 0 Å². The van der Waals surface area contributed by atoms with Crippen molar-refractivity contribution in [1.82, 2.24) is 0 Å². The first-order valence-electron chi connectivity index (χ1n) is 3.71. The summed E-state index contributed by atoms with van der Waals surface area (Å²) in [6, 6.07) is 3.42. The van der Waals surface area contributed by atoms with Crippen molar-refractivity contribution in [3.8, 4) is 11.8 Å². The fourth-order valence-electron chi connectivity index (χ4n) is 1.03. The number of carbonyl (C=O) groups is 2. The number of hydrogen-bond acceptors (Lipinski definition) is 4. The maximum absolute atomic E-state index is 10.6. The molecule has 15 heavy (non-hydrogen) atoms. The molecule has 0 fully saturated rings. The lowest BCUT2D eigenvalue weighted by molar-refractivity contribution is 0.0691. The van der Waals surface area contributed by atoms with E-state index in [-0.39, 0.29) is 5.56 Å². The number of nitriles is 1. The normalized spacial score (nSPS) is 9.27. The number of benzene rings is 1. The summed E-state index contributed by atoms with van der Waals surface area (Å²) in [6.45, 7) is 0. The summed E-state index contributed by atoms with van der Waals surface area (Å²) in [7, 11) is 0. The van der Waals surface area contributed by atoms with Crippen LogP contribution in [0.1, 0.15) is 26.3 Å². The molecule has 0 atom stereocenters. The standard InChI is InChI=1S/C9H5NO5/c10-3-4-1-5(8(12)13)7(11)6(2-4)9(14)15/h1-2,11H,(H,12,13)(H,14,15). The Kier molecular flexibility index (Phi) is 2.58. The highest BCUT2D eigenvalue weighted by Crippen LogP contribution is 2.24. The highest BCUT2D eigenvalue weighted by atomic mass is 16.4. The topological polar surface area (TPSA) is 119 Å². The van der Waals surface area contributed by atoms with Crippen LogP contribution in [0.25, 0.3) is 0 Å². The van der Waals surface area contributed by atoms with E-state index < -0.39 is 28.8 Å². The Morgan fingerprint density at radius 1 is 1.13 bits per heavy atom. The smallest absolute Gasteiger partial charge is 0.339 e. The van der Waals surface area contributed by atoms with Crippen LogP contribution in [0.3, 0.4) is 0 Å². The Morgan fingerprint density at radius 3 is 1.80 bits per heavy atom. The van der Waals surface area contributed by atoms with E-state index in [1.807, 2.05) is 0 Å². The molecule has 3 N–H and O–H groups in total. The molecule has 0 aromatic heterocycles. The maximum atomic E-state index is 10.6. The Bertz CT molecular complexity index is 451. The van der Waals surface area contributed by atoms with Gasteiger partial charge >= 0.3 is 11.9 Å². The quantitative estimate of drug-likeness (QED) is 0.655. The molecule has 0 amide bonds. The number of rotatable bonds is 2. The van der Waals surface area contributed by atoms with Crippen molar-refractivity contribution in [3.05, 3.63) is 28.8 Å². The Hall–Kier alpha value is -2.55. The van der Waals surface area contributed by atoms with Gasteiger partial charge in [0.1, 0.15) is 16.9 Å². The molecule has 6 heteroatoms. The minimum Gasteiger partial charge on any atom is -0.506 e. The van der Waals surface area contributed by atoms with E-state index in [0.29, 0.717) is 0 Å². The largest absolute Gasteiger partial charge is 0.506 e. The number of hydrogen-bond donors (Lipinski definition) is 3. The second-order valence-electron chi connectivity index (χ2n) is 2.64. The van der Waals surface area contributed by atoms with Crippen LogP contribution in [0.15, 0.2) is 12.1 Å². The molecule has 0 bridgehead atoms. The summed E-state index contributed by atoms with van der Waals surface area (Å²) in [5.41, 5.74) is -1.35. The summed E-state index contributed by atoms with van der Waals surface area (Å²) in [5, 5.41) is 35.1. The van der Waals surface area contributed by atoms with Crippen LogP contribution in [0, 0.1) is 11.3 Å². The molecule has 0 aliphatic heterocycles. The van der Waals surface area contributed by atoms with Gasteiger partial charge in [0.2, 0.25) is 0 Å². The molecule has 0 radical (unpaired) electrons. The molecular formula is C9H5NO5. The molecule has 0 saturated carbocycles. The zero-order valence-electron chi connectivity index (χ0n) is 7.26. The molecule has 0 saturated heterocycles. The van der Waals surface area contributed by atoms with Crippen molar-refractivity contribution in [3.63, 3.8) is 0 Å². The van der Waals surface area contributed by atoms with Gasteiger partial charge < -0.3 is 15.3 Å². The highest BCUT2D eigenvalue weighted by molar-refractivity contribution is 5.99. The first kappa shape index (κ1) is 10.5. The first-order chi connectivity index (χ1) is 6.97. The van der Waals surface area contributed by atoms with Gasteiger partial charge in [-0.1, -0.05) is 0 Å². The average molecular weight is 207 g/mol. The molecular weight excluding hydrogens is 202 g/mol. The van der Waals surface area contributed by atoms with Gasteiger partial charge in [-0.25, -0.2) is 9.59 Å². The van der Waals surface area contributed by atoms with Crippen LogP contribution in [0.5, 0.6) is 5.75 Å². The van der Waals surface area contributed by atoms with Crippen molar-refractivity contribution < 1.29 is 24.9 Å². The second kappa shape index (κ2) is 3.67. The average Bonchev–Trinajstić information content (AvgIpc) is 2.17. The molecule has 0 aliphatic rings. The maximum Gasteiger partial charge on any atom is 0.339 e. The molecule has 0 spiro atoms. The van der Waals surface area contributed by atoms with Gasteiger partial charge in [-0.3, -0.25) is 0 Å². The third-order valence-electron chi connectivity index (χ3n) is 1.70. The molecule has 1 aromatic carbocycles. The summed E-state index contributed by atoms with van der Waals surface area (Å²) in [5.74, 6) is -3.84. The van der Waals surface area contributed by atoms with Gasteiger partial charge in [-0.15, -0.1) is 0 Å². The van der Waals surface area contributed by atoms with Crippen LogP contribution in [0.4, 0.5) is 0 Å². The third kappa shape index (κ3) is 1.86. The Balaban J connectivity index is 3.56. The van der Waals surface area contributed by atoms with E-state index in [1.165, 1.54) is 0 Å². The second-order valence-corrected chi connectivity index (χ2v) is 2.64. The van der Waals surface area contributed by atoms with Gasteiger partial charge in [0.25, 0.3) is 0 Å². The van der Waals surface area contributed by atoms with Crippen LogP contribution >= 0.6 is 0 Å². The van der Waals surface area contributed by atoms with E-state index in [4.69, 9.17) is 15.5 Å². The number of carboxylic acid groups (broad SMARTS) is 2. The Morgan fingerprint density at radius 2 is 1.53 bits per heavy atom. The van der Waals surface area contributed by atoms with Crippen LogP contribution in [-0.4, -0.2) is 27.3 Å². The summed E-state index contributed by atoms with van der Waals surface area (Å²) in [6.07, 6.45) is 0.